The van der Waals surface area contributed by atoms with Gasteiger partial charge in [0.1, 0.15) is 17.3 Å². The van der Waals surface area contributed by atoms with Crippen molar-refractivity contribution >= 4 is 11.4 Å². The molecule has 1 aromatic heterocycles. The Bertz CT molecular complexity index is 1360. The summed E-state index contributed by atoms with van der Waals surface area (Å²) in [6, 6.07) is 16.3. The molecule has 3 aromatic rings. The van der Waals surface area contributed by atoms with Crippen molar-refractivity contribution in [3.8, 4) is 17.1 Å². The monoisotopic (exact) mass is 552 g/mol. The Morgan fingerprint density at radius 2 is 1.88 bits per heavy atom. The molecular weight excluding hydrogens is 521 g/mol. The lowest BCUT2D eigenvalue weighted by molar-refractivity contribution is -0.200. The number of aliphatic hydroxyl groups is 1. The van der Waals surface area contributed by atoms with Crippen molar-refractivity contribution in [2.45, 2.75) is 25.2 Å². The standard InChI is InChI=1S/C31H31F3N2O4/c32-31(33,34)30(37)22-36(24-7-5-10-26(20-24)40-25-8-3-1-2-4-9-25)21-23-12-13-28(35-14-17-38-18-15-35)27(19-23)29-11-6-16-39-29/h1-3,5-13,16,19-20,30,37H,4,14-15,17-18,21-22H2. The number of anilines is 2. The van der Waals surface area contributed by atoms with Crippen molar-refractivity contribution in [2.75, 3.05) is 42.6 Å². The molecular formula is C31H31F3N2O4. The second kappa shape index (κ2) is 12.5. The van der Waals surface area contributed by atoms with Gasteiger partial charge in [-0.1, -0.05) is 30.4 Å². The van der Waals surface area contributed by atoms with Gasteiger partial charge in [0, 0.05) is 42.6 Å². The average Bonchev–Trinajstić information content (AvgIpc) is 3.38. The summed E-state index contributed by atoms with van der Waals surface area (Å²) in [6.45, 7) is 2.17. The van der Waals surface area contributed by atoms with Crippen LogP contribution in [0.1, 0.15) is 12.0 Å². The highest BCUT2D eigenvalue weighted by Crippen LogP contribution is 2.34. The van der Waals surface area contributed by atoms with E-state index in [9.17, 15) is 18.3 Å². The summed E-state index contributed by atoms with van der Waals surface area (Å²) in [7, 11) is 0. The van der Waals surface area contributed by atoms with Crippen LogP contribution in [0, 0.1) is 0 Å². The van der Waals surface area contributed by atoms with Gasteiger partial charge in [-0.05, 0) is 60.5 Å². The minimum atomic E-state index is -4.76. The number of aliphatic hydroxyl groups excluding tert-OH is 1. The molecule has 0 saturated carbocycles. The zero-order valence-electron chi connectivity index (χ0n) is 21.9. The van der Waals surface area contributed by atoms with Gasteiger partial charge in [-0.2, -0.15) is 13.2 Å². The van der Waals surface area contributed by atoms with E-state index in [0.717, 1.165) is 29.9 Å². The maximum Gasteiger partial charge on any atom is 0.416 e. The molecule has 2 heterocycles. The van der Waals surface area contributed by atoms with Gasteiger partial charge in [-0.25, -0.2) is 0 Å². The highest BCUT2D eigenvalue weighted by molar-refractivity contribution is 5.76. The molecule has 0 bridgehead atoms. The zero-order chi connectivity index (χ0) is 28.0. The number of ether oxygens (including phenoxy) is 2. The molecule has 210 valence electrons. The second-order valence-corrected chi connectivity index (χ2v) is 9.60. The Hall–Kier alpha value is -3.95. The van der Waals surface area contributed by atoms with E-state index in [4.69, 9.17) is 13.9 Å². The fourth-order valence-corrected chi connectivity index (χ4v) is 4.70. The third kappa shape index (κ3) is 6.97. The van der Waals surface area contributed by atoms with E-state index in [1.54, 1.807) is 36.6 Å². The molecule has 1 N–H and O–H groups in total. The molecule has 6 nitrogen and oxygen atoms in total. The molecule has 5 rings (SSSR count). The zero-order valence-corrected chi connectivity index (χ0v) is 21.9. The highest BCUT2D eigenvalue weighted by atomic mass is 19.4. The van der Waals surface area contributed by atoms with Crippen LogP contribution in [0.25, 0.3) is 11.3 Å². The molecule has 1 aliphatic heterocycles. The predicted molar refractivity (Wildman–Crippen MR) is 148 cm³/mol. The smallest absolute Gasteiger partial charge is 0.416 e. The molecule has 40 heavy (non-hydrogen) atoms. The maximum atomic E-state index is 13.4. The van der Waals surface area contributed by atoms with Crippen LogP contribution in [0.5, 0.6) is 5.75 Å². The van der Waals surface area contributed by atoms with E-state index in [-0.39, 0.29) is 6.54 Å². The average molecular weight is 553 g/mol. The van der Waals surface area contributed by atoms with Gasteiger partial charge >= 0.3 is 6.18 Å². The Kier molecular flexibility index (Phi) is 8.62. The van der Waals surface area contributed by atoms with Crippen molar-refractivity contribution in [2.24, 2.45) is 0 Å². The molecule has 2 aliphatic rings. The number of morpholine rings is 1. The Morgan fingerprint density at radius 1 is 1.02 bits per heavy atom. The van der Waals surface area contributed by atoms with Gasteiger partial charge in [0.25, 0.3) is 0 Å². The Labute approximate surface area is 231 Å². The first-order valence-electron chi connectivity index (χ1n) is 13.2. The van der Waals surface area contributed by atoms with E-state index < -0.39 is 18.8 Å². The molecule has 0 radical (unpaired) electrons. The van der Waals surface area contributed by atoms with Crippen LogP contribution in [-0.2, 0) is 11.3 Å². The van der Waals surface area contributed by atoms with Crippen LogP contribution in [0.3, 0.4) is 0 Å². The summed E-state index contributed by atoms with van der Waals surface area (Å²) in [6.07, 6.45) is 4.56. The van der Waals surface area contributed by atoms with E-state index >= 15 is 0 Å². The van der Waals surface area contributed by atoms with Crippen molar-refractivity contribution in [3.63, 3.8) is 0 Å². The topological polar surface area (TPSA) is 58.3 Å². The van der Waals surface area contributed by atoms with E-state index in [0.29, 0.717) is 42.6 Å². The number of nitrogens with zero attached hydrogens (tertiary/aromatic N) is 2. The van der Waals surface area contributed by atoms with Crippen LogP contribution in [0.2, 0.25) is 0 Å². The van der Waals surface area contributed by atoms with Crippen molar-refractivity contribution in [1.82, 2.24) is 0 Å². The van der Waals surface area contributed by atoms with Crippen molar-refractivity contribution in [3.05, 3.63) is 103 Å². The first-order valence-corrected chi connectivity index (χ1v) is 13.2. The number of benzene rings is 2. The number of furan rings is 1. The molecule has 1 saturated heterocycles. The first kappa shape index (κ1) is 27.6. The quantitative estimate of drug-likeness (QED) is 0.328. The maximum absolute atomic E-state index is 13.4. The summed E-state index contributed by atoms with van der Waals surface area (Å²) in [4.78, 5) is 3.73. The van der Waals surface area contributed by atoms with E-state index in [1.165, 1.54) is 4.90 Å². The molecule has 1 unspecified atom stereocenters. The minimum Gasteiger partial charge on any atom is -0.464 e. The number of allylic oxidation sites excluding steroid dienone is 5. The van der Waals surface area contributed by atoms with Crippen LogP contribution >= 0.6 is 0 Å². The molecule has 2 aromatic carbocycles. The van der Waals surface area contributed by atoms with E-state index in [1.807, 2.05) is 54.6 Å². The van der Waals surface area contributed by atoms with Crippen LogP contribution in [0.4, 0.5) is 24.5 Å². The lowest BCUT2D eigenvalue weighted by atomic mass is 10.0. The lowest BCUT2D eigenvalue weighted by Crippen LogP contribution is -2.41. The molecule has 1 aliphatic carbocycles. The van der Waals surface area contributed by atoms with Crippen LogP contribution in [0.15, 0.2) is 101 Å². The number of alkyl halides is 3. The van der Waals surface area contributed by atoms with Gasteiger partial charge in [0.2, 0.25) is 0 Å². The summed E-state index contributed by atoms with van der Waals surface area (Å²) < 4.78 is 57.5. The van der Waals surface area contributed by atoms with Gasteiger partial charge in [0.05, 0.1) is 26.0 Å². The first-order chi connectivity index (χ1) is 19.4. The van der Waals surface area contributed by atoms with Crippen LogP contribution in [-0.4, -0.2) is 50.2 Å². The summed E-state index contributed by atoms with van der Waals surface area (Å²) in [5.41, 5.74) is 3.08. The molecule has 0 spiro atoms. The summed E-state index contributed by atoms with van der Waals surface area (Å²) >= 11 is 0. The number of hydrogen-bond acceptors (Lipinski definition) is 6. The Morgan fingerprint density at radius 3 is 2.65 bits per heavy atom. The SMILES string of the molecule is OC(CN(Cc1ccc(N2CCOCC2)c(-c2ccco2)c1)c1cccc(OC2=CCC=CC=C2)c1)C(F)(F)F. The molecule has 1 fully saturated rings. The summed E-state index contributed by atoms with van der Waals surface area (Å²) in [5, 5.41) is 10.0. The number of rotatable bonds is 9. The predicted octanol–water partition coefficient (Wildman–Crippen LogP) is 6.49. The van der Waals surface area contributed by atoms with E-state index in [2.05, 4.69) is 4.90 Å². The second-order valence-electron chi connectivity index (χ2n) is 9.60. The van der Waals surface area contributed by atoms with Crippen molar-refractivity contribution < 1.29 is 32.2 Å². The van der Waals surface area contributed by atoms with Gasteiger partial charge < -0.3 is 28.8 Å². The van der Waals surface area contributed by atoms with Crippen molar-refractivity contribution in [1.29, 1.82) is 0 Å². The van der Waals surface area contributed by atoms with Crippen LogP contribution < -0.4 is 14.5 Å². The highest BCUT2D eigenvalue weighted by Gasteiger charge is 2.39. The van der Waals surface area contributed by atoms with Gasteiger partial charge in [0.15, 0.2) is 6.10 Å². The minimum absolute atomic E-state index is 0.125. The van der Waals surface area contributed by atoms with Gasteiger partial charge in [-0.15, -0.1) is 0 Å². The molecule has 9 heteroatoms. The fraction of sp³-hybridized carbons (Fsp3) is 0.290. The molecule has 0 amide bonds. The normalized spacial score (nSPS) is 16.4. The largest absolute Gasteiger partial charge is 0.464 e. The lowest BCUT2D eigenvalue weighted by Gasteiger charge is -2.31. The fourth-order valence-electron chi connectivity index (χ4n) is 4.70. The summed E-state index contributed by atoms with van der Waals surface area (Å²) in [5.74, 6) is 1.80. The molecule has 1 atom stereocenters. The Balaban J connectivity index is 1.45. The third-order valence-corrected chi connectivity index (χ3v) is 6.73. The third-order valence-electron chi connectivity index (χ3n) is 6.73. The number of halogens is 3. The number of hydrogen-bond donors (Lipinski definition) is 1. The van der Waals surface area contributed by atoms with Gasteiger partial charge in [-0.3, -0.25) is 0 Å².